The van der Waals surface area contributed by atoms with Gasteiger partial charge >= 0.3 is 0 Å². The first-order valence-electron chi connectivity index (χ1n) is 3.64. The van der Waals surface area contributed by atoms with Crippen LogP contribution in [0.25, 0.3) is 0 Å². The summed E-state index contributed by atoms with van der Waals surface area (Å²) in [5.41, 5.74) is 0. The molecule has 1 nitrogen and oxygen atoms in total. The van der Waals surface area contributed by atoms with E-state index in [1.807, 2.05) is 0 Å². The number of hydrogen-bond donors (Lipinski definition) is 0. The molecule has 0 heterocycles. The van der Waals surface area contributed by atoms with Crippen LogP contribution in [-0.2, 0) is 0 Å². The van der Waals surface area contributed by atoms with E-state index >= 15 is 0 Å². The van der Waals surface area contributed by atoms with Crippen LogP contribution in [0, 0.1) is 0 Å². The maximum atomic E-state index is 5.90. The van der Waals surface area contributed by atoms with E-state index in [1.165, 1.54) is 0 Å². The molecule has 1 aromatic carbocycles. The molecular weight excluding hydrogens is 310 g/mol. The molecule has 0 unspecified atom stereocenters. The second-order valence-electron chi connectivity index (χ2n) is 2.40. The second-order valence-corrected chi connectivity index (χ2v) is 4.35. The zero-order valence-electron chi connectivity index (χ0n) is 6.99. The molecule has 0 aliphatic carbocycles. The van der Waals surface area contributed by atoms with Gasteiger partial charge in [-0.05, 0) is 15.9 Å². The van der Waals surface area contributed by atoms with E-state index in [2.05, 4.69) is 22.5 Å². The minimum Gasteiger partial charge on any atom is -0.488 e. The average Bonchev–Trinajstić information content (AvgIpc) is 2.18. The van der Waals surface area contributed by atoms with Crippen molar-refractivity contribution in [3.8, 4) is 5.75 Å². The Hall–Kier alpha value is 0.110. The third-order valence-corrected chi connectivity index (χ3v) is 3.70. The van der Waals surface area contributed by atoms with Gasteiger partial charge in [-0.3, -0.25) is 0 Å². The van der Waals surface area contributed by atoms with E-state index < -0.39 is 0 Å². The van der Waals surface area contributed by atoms with Crippen molar-refractivity contribution < 1.29 is 4.74 Å². The fourth-order valence-electron chi connectivity index (χ4n) is 0.805. The number of hydrogen-bond acceptors (Lipinski definition) is 1. The van der Waals surface area contributed by atoms with Crippen molar-refractivity contribution >= 4 is 50.7 Å². The van der Waals surface area contributed by atoms with Gasteiger partial charge < -0.3 is 4.74 Å². The summed E-state index contributed by atoms with van der Waals surface area (Å²) in [5.74, 6) is 0.546. The van der Waals surface area contributed by atoms with E-state index in [-0.39, 0.29) is 0 Å². The maximum absolute atomic E-state index is 5.90. The lowest BCUT2D eigenvalue weighted by atomic mass is 10.3. The van der Waals surface area contributed by atoms with Crippen molar-refractivity contribution in [1.29, 1.82) is 0 Å². The SMILES string of the molecule is C=CCOc1cc(Cl)c(Cl)c(Cl)c1Br. The molecule has 0 spiro atoms. The molecule has 76 valence electrons. The first kappa shape index (κ1) is 12.2. The van der Waals surface area contributed by atoms with Gasteiger partial charge in [0, 0.05) is 6.07 Å². The van der Waals surface area contributed by atoms with E-state index in [0.29, 0.717) is 31.9 Å². The molecule has 0 saturated heterocycles. The lowest BCUT2D eigenvalue weighted by Gasteiger charge is -2.09. The molecule has 0 aliphatic heterocycles. The van der Waals surface area contributed by atoms with Crippen molar-refractivity contribution in [3.05, 3.63) is 38.3 Å². The number of ether oxygens (including phenoxy) is 1. The summed E-state index contributed by atoms with van der Waals surface area (Å²) in [7, 11) is 0. The van der Waals surface area contributed by atoms with E-state index in [0.717, 1.165) is 0 Å². The van der Waals surface area contributed by atoms with Crippen molar-refractivity contribution in [2.24, 2.45) is 0 Å². The summed E-state index contributed by atoms with van der Waals surface area (Å²) in [6.07, 6.45) is 1.63. The topological polar surface area (TPSA) is 9.23 Å². The smallest absolute Gasteiger partial charge is 0.137 e. The van der Waals surface area contributed by atoms with Crippen LogP contribution in [-0.4, -0.2) is 6.61 Å². The predicted octanol–water partition coefficient (Wildman–Crippen LogP) is 4.97. The highest BCUT2D eigenvalue weighted by molar-refractivity contribution is 9.10. The Morgan fingerprint density at radius 1 is 1.36 bits per heavy atom. The Bertz CT molecular complexity index is 366. The monoisotopic (exact) mass is 314 g/mol. The van der Waals surface area contributed by atoms with Crippen LogP contribution < -0.4 is 4.74 Å². The standard InChI is InChI=1S/C9H6BrCl3O/c1-2-3-14-6-4-5(11)8(12)9(13)7(6)10/h2,4H,1,3H2. The van der Waals surface area contributed by atoms with Crippen molar-refractivity contribution in [2.45, 2.75) is 0 Å². The lowest BCUT2D eigenvalue weighted by molar-refractivity contribution is 0.361. The van der Waals surface area contributed by atoms with E-state index in [1.54, 1.807) is 12.1 Å². The molecule has 0 saturated carbocycles. The van der Waals surface area contributed by atoms with Gasteiger partial charge in [0.15, 0.2) is 0 Å². The molecule has 0 N–H and O–H groups in total. The Labute approximate surface area is 106 Å². The molecule has 0 aliphatic rings. The first-order valence-corrected chi connectivity index (χ1v) is 5.57. The number of halogens is 4. The molecule has 1 aromatic rings. The van der Waals surface area contributed by atoms with Crippen LogP contribution in [0.4, 0.5) is 0 Å². The minimum atomic E-state index is 0.311. The Kier molecular flexibility index (Phi) is 4.58. The van der Waals surface area contributed by atoms with Crippen LogP contribution >= 0.6 is 50.7 Å². The normalized spacial score (nSPS) is 10.0. The fraction of sp³-hybridized carbons (Fsp3) is 0.111. The quantitative estimate of drug-likeness (QED) is 0.434. The maximum Gasteiger partial charge on any atom is 0.137 e. The summed E-state index contributed by atoms with van der Waals surface area (Å²) in [6, 6.07) is 1.60. The Balaban J connectivity index is 3.12. The van der Waals surface area contributed by atoms with Crippen LogP contribution in [0.5, 0.6) is 5.75 Å². The van der Waals surface area contributed by atoms with E-state index in [9.17, 15) is 0 Å². The number of benzene rings is 1. The molecule has 5 heteroatoms. The first-order chi connectivity index (χ1) is 6.57. The molecule has 0 fully saturated rings. The van der Waals surface area contributed by atoms with Gasteiger partial charge in [0.25, 0.3) is 0 Å². The predicted molar refractivity (Wildman–Crippen MR) is 64.9 cm³/mol. The second kappa shape index (κ2) is 5.26. The van der Waals surface area contributed by atoms with E-state index in [4.69, 9.17) is 39.5 Å². The highest BCUT2D eigenvalue weighted by Gasteiger charge is 2.13. The minimum absolute atomic E-state index is 0.311. The summed E-state index contributed by atoms with van der Waals surface area (Å²) in [6.45, 7) is 3.92. The van der Waals surface area contributed by atoms with Gasteiger partial charge in [-0.2, -0.15) is 0 Å². The Morgan fingerprint density at radius 3 is 2.57 bits per heavy atom. The van der Waals surface area contributed by atoms with Crippen molar-refractivity contribution in [1.82, 2.24) is 0 Å². The average molecular weight is 316 g/mol. The van der Waals surface area contributed by atoms with Crippen molar-refractivity contribution in [3.63, 3.8) is 0 Å². The third-order valence-electron chi connectivity index (χ3n) is 1.43. The largest absolute Gasteiger partial charge is 0.488 e. The van der Waals surface area contributed by atoms with Gasteiger partial charge in [-0.25, -0.2) is 0 Å². The highest BCUT2D eigenvalue weighted by atomic mass is 79.9. The summed E-state index contributed by atoms with van der Waals surface area (Å²) >= 11 is 20.8. The van der Waals surface area contributed by atoms with Gasteiger partial charge in [0.1, 0.15) is 12.4 Å². The van der Waals surface area contributed by atoms with Gasteiger partial charge in [0.05, 0.1) is 19.5 Å². The zero-order chi connectivity index (χ0) is 10.7. The van der Waals surface area contributed by atoms with Gasteiger partial charge in [-0.15, -0.1) is 0 Å². The Morgan fingerprint density at radius 2 is 2.00 bits per heavy atom. The van der Waals surface area contributed by atoms with Crippen LogP contribution in [0.3, 0.4) is 0 Å². The summed E-state index contributed by atoms with van der Waals surface area (Å²) in [4.78, 5) is 0. The molecule has 14 heavy (non-hydrogen) atoms. The molecule has 1 rings (SSSR count). The van der Waals surface area contributed by atoms with Gasteiger partial charge in [0.2, 0.25) is 0 Å². The molecule has 0 radical (unpaired) electrons. The van der Waals surface area contributed by atoms with Gasteiger partial charge in [-0.1, -0.05) is 47.5 Å². The fourth-order valence-corrected chi connectivity index (χ4v) is 1.93. The number of rotatable bonds is 3. The molecule has 0 aromatic heterocycles. The molecular formula is C9H6BrCl3O. The summed E-state index contributed by atoms with van der Waals surface area (Å²) in [5, 5.41) is 1.02. The van der Waals surface area contributed by atoms with Crippen LogP contribution in [0.1, 0.15) is 0 Å². The zero-order valence-corrected chi connectivity index (χ0v) is 10.8. The third kappa shape index (κ3) is 2.57. The molecule has 0 atom stereocenters. The molecule has 0 amide bonds. The molecule has 0 bridgehead atoms. The van der Waals surface area contributed by atoms with Crippen LogP contribution in [0.2, 0.25) is 15.1 Å². The summed E-state index contributed by atoms with van der Waals surface area (Å²) < 4.78 is 5.90. The highest BCUT2D eigenvalue weighted by Crippen LogP contribution is 2.41. The van der Waals surface area contributed by atoms with Crippen molar-refractivity contribution in [2.75, 3.05) is 6.61 Å². The van der Waals surface area contributed by atoms with Crippen LogP contribution in [0.15, 0.2) is 23.2 Å². The lowest BCUT2D eigenvalue weighted by Crippen LogP contribution is -1.94.